The number of benzene rings is 1. The number of hydrogen-bond donors (Lipinski definition) is 3. The standard InChI is InChI=1S/C20H22N4O4/c1-9(2)16-19(26)23-14-7-10(18(21)25)6-12(17(14)28-16)13-8-24(3)20(27)15-11(13)4-5-22-15/h4-7,9,13,16,22H,8H2,1-3H3,(H2,21,25)(H,23,26). The van der Waals surface area contributed by atoms with Gasteiger partial charge < -0.3 is 25.7 Å². The summed E-state index contributed by atoms with van der Waals surface area (Å²) in [5.74, 6) is -0.684. The molecule has 0 radical (unpaired) electrons. The Morgan fingerprint density at radius 3 is 2.71 bits per heavy atom. The van der Waals surface area contributed by atoms with Gasteiger partial charge in [-0.15, -0.1) is 0 Å². The van der Waals surface area contributed by atoms with E-state index in [2.05, 4.69) is 10.3 Å². The van der Waals surface area contributed by atoms with Crippen molar-refractivity contribution in [1.29, 1.82) is 0 Å². The second kappa shape index (κ2) is 6.40. The number of hydrogen-bond acceptors (Lipinski definition) is 4. The second-order valence-electron chi connectivity index (χ2n) is 7.62. The van der Waals surface area contributed by atoms with Crippen LogP contribution in [0.15, 0.2) is 24.4 Å². The number of fused-ring (bicyclic) bond motifs is 2. The van der Waals surface area contributed by atoms with Crippen LogP contribution in [-0.2, 0) is 4.79 Å². The van der Waals surface area contributed by atoms with E-state index < -0.39 is 12.0 Å². The number of carbonyl (C=O) groups is 3. The molecular weight excluding hydrogens is 360 g/mol. The molecule has 0 saturated carbocycles. The summed E-state index contributed by atoms with van der Waals surface area (Å²) in [6.45, 7) is 4.23. The lowest BCUT2D eigenvalue weighted by molar-refractivity contribution is -0.125. The van der Waals surface area contributed by atoms with Crippen LogP contribution in [0, 0.1) is 5.92 Å². The Hall–Kier alpha value is -3.29. The van der Waals surface area contributed by atoms with Crippen LogP contribution in [0.3, 0.4) is 0 Å². The third kappa shape index (κ3) is 2.72. The van der Waals surface area contributed by atoms with Crippen molar-refractivity contribution >= 4 is 23.4 Å². The number of primary amides is 1. The van der Waals surface area contributed by atoms with E-state index in [1.54, 1.807) is 24.2 Å². The van der Waals surface area contributed by atoms with E-state index in [0.29, 0.717) is 23.7 Å². The van der Waals surface area contributed by atoms with Crippen molar-refractivity contribution in [3.8, 4) is 5.75 Å². The molecule has 0 fully saturated rings. The topological polar surface area (TPSA) is 118 Å². The van der Waals surface area contributed by atoms with Gasteiger partial charge in [-0.3, -0.25) is 14.4 Å². The fourth-order valence-corrected chi connectivity index (χ4v) is 3.87. The Labute approximate surface area is 162 Å². The number of nitrogens with two attached hydrogens (primary N) is 1. The Morgan fingerprint density at radius 2 is 2.04 bits per heavy atom. The number of likely N-dealkylation sites (N-methyl/N-ethyl adjacent to an activating group) is 1. The molecule has 2 aromatic rings. The molecule has 1 aromatic heterocycles. The number of H-pyrrole nitrogens is 1. The first-order valence-corrected chi connectivity index (χ1v) is 9.16. The number of ether oxygens (including phenoxy) is 1. The normalized spacial score (nSPS) is 21.1. The number of nitrogens with zero attached hydrogens (tertiary/aromatic N) is 1. The van der Waals surface area contributed by atoms with E-state index >= 15 is 0 Å². The molecule has 8 nitrogen and oxygen atoms in total. The van der Waals surface area contributed by atoms with Crippen molar-refractivity contribution in [3.05, 3.63) is 46.8 Å². The average Bonchev–Trinajstić information content (AvgIpc) is 3.13. The van der Waals surface area contributed by atoms with Gasteiger partial charge in [0.25, 0.3) is 11.8 Å². The lowest BCUT2D eigenvalue weighted by Crippen LogP contribution is -2.42. The molecule has 2 aliphatic rings. The van der Waals surface area contributed by atoms with Crippen LogP contribution in [0.5, 0.6) is 5.75 Å². The average molecular weight is 382 g/mol. The Morgan fingerprint density at radius 1 is 1.29 bits per heavy atom. The molecule has 0 saturated heterocycles. The van der Waals surface area contributed by atoms with E-state index in [1.165, 1.54) is 6.07 Å². The number of rotatable bonds is 3. The molecule has 4 rings (SSSR count). The zero-order chi connectivity index (χ0) is 20.2. The first-order chi connectivity index (χ1) is 13.3. The second-order valence-corrected chi connectivity index (χ2v) is 7.62. The first-order valence-electron chi connectivity index (χ1n) is 9.16. The molecule has 2 atom stereocenters. The fraction of sp³-hybridized carbons (Fsp3) is 0.350. The predicted molar refractivity (Wildman–Crippen MR) is 102 cm³/mol. The minimum Gasteiger partial charge on any atom is -0.478 e. The SMILES string of the molecule is CC(C)C1Oc2c(cc(C(N)=O)cc2C2CN(C)C(=O)c3[nH]ccc32)NC1=O. The van der Waals surface area contributed by atoms with Gasteiger partial charge in [0, 0.05) is 36.8 Å². The lowest BCUT2D eigenvalue weighted by Gasteiger charge is -2.35. The summed E-state index contributed by atoms with van der Waals surface area (Å²) in [7, 11) is 1.73. The van der Waals surface area contributed by atoms with Crippen LogP contribution in [0.25, 0.3) is 0 Å². The van der Waals surface area contributed by atoms with Crippen LogP contribution in [0.2, 0.25) is 0 Å². The monoisotopic (exact) mass is 382 g/mol. The summed E-state index contributed by atoms with van der Waals surface area (Å²) in [5, 5.41) is 2.84. The van der Waals surface area contributed by atoms with Crippen molar-refractivity contribution in [2.75, 3.05) is 18.9 Å². The Bertz CT molecular complexity index is 994. The van der Waals surface area contributed by atoms with Crippen LogP contribution in [0.1, 0.15) is 51.7 Å². The summed E-state index contributed by atoms with van der Waals surface area (Å²) in [4.78, 5) is 41.3. The summed E-state index contributed by atoms with van der Waals surface area (Å²) < 4.78 is 6.10. The van der Waals surface area contributed by atoms with E-state index in [-0.39, 0.29) is 29.2 Å². The van der Waals surface area contributed by atoms with Gasteiger partial charge in [-0.1, -0.05) is 13.8 Å². The van der Waals surface area contributed by atoms with Crippen LogP contribution in [0.4, 0.5) is 5.69 Å². The highest BCUT2D eigenvalue weighted by Crippen LogP contribution is 2.44. The quantitative estimate of drug-likeness (QED) is 0.749. The Balaban J connectivity index is 1.90. The molecule has 146 valence electrons. The summed E-state index contributed by atoms with van der Waals surface area (Å²) in [5.41, 5.74) is 8.27. The van der Waals surface area contributed by atoms with E-state index in [9.17, 15) is 14.4 Å². The van der Waals surface area contributed by atoms with Crippen LogP contribution >= 0.6 is 0 Å². The number of amides is 3. The lowest BCUT2D eigenvalue weighted by atomic mass is 9.85. The van der Waals surface area contributed by atoms with Gasteiger partial charge in [-0.05, 0) is 29.7 Å². The molecule has 8 heteroatoms. The van der Waals surface area contributed by atoms with E-state index in [0.717, 1.165) is 11.1 Å². The van der Waals surface area contributed by atoms with Gasteiger partial charge in [-0.25, -0.2) is 0 Å². The largest absolute Gasteiger partial charge is 0.478 e. The van der Waals surface area contributed by atoms with Gasteiger partial charge in [-0.2, -0.15) is 0 Å². The highest BCUT2D eigenvalue weighted by Gasteiger charge is 2.38. The maximum Gasteiger partial charge on any atom is 0.270 e. The summed E-state index contributed by atoms with van der Waals surface area (Å²) in [6.07, 6.45) is 1.08. The van der Waals surface area contributed by atoms with Gasteiger partial charge in [0.05, 0.1) is 5.69 Å². The van der Waals surface area contributed by atoms with E-state index in [1.807, 2.05) is 19.9 Å². The van der Waals surface area contributed by atoms with Crippen molar-refractivity contribution in [1.82, 2.24) is 9.88 Å². The molecule has 0 spiro atoms. The smallest absolute Gasteiger partial charge is 0.270 e. The number of anilines is 1. The molecule has 3 amide bonds. The van der Waals surface area contributed by atoms with Crippen molar-refractivity contribution in [3.63, 3.8) is 0 Å². The van der Waals surface area contributed by atoms with Gasteiger partial charge >= 0.3 is 0 Å². The minimum absolute atomic E-state index is 0.0322. The van der Waals surface area contributed by atoms with Gasteiger partial charge in [0.15, 0.2) is 6.10 Å². The molecule has 4 N–H and O–H groups in total. The van der Waals surface area contributed by atoms with Crippen molar-refractivity contribution in [2.24, 2.45) is 11.7 Å². The third-order valence-corrected chi connectivity index (χ3v) is 5.32. The van der Waals surface area contributed by atoms with Crippen LogP contribution in [-0.4, -0.2) is 47.3 Å². The molecular formula is C20H22N4O4. The third-order valence-electron chi connectivity index (χ3n) is 5.32. The van der Waals surface area contributed by atoms with Crippen molar-refractivity contribution in [2.45, 2.75) is 25.9 Å². The maximum atomic E-state index is 12.4. The van der Waals surface area contributed by atoms with Crippen molar-refractivity contribution < 1.29 is 19.1 Å². The predicted octanol–water partition coefficient (Wildman–Crippen LogP) is 1.69. The fourth-order valence-electron chi connectivity index (χ4n) is 3.87. The molecule has 1 aromatic carbocycles. The number of nitrogens with one attached hydrogen (secondary N) is 2. The minimum atomic E-state index is -0.640. The Kier molecular flexibility index (Phi) is 4.14. The first kappa shape index (κ1) is 18.1. The zero-order valence-electron chi connectivity index (χ0n) is 15.9. The molecule has 28 heavy (non-hydrogen) atoms. The summed E-state index contributed by atoms with van der Waals surface area (Å²) in [6, 6.07) is 5.09. The molecule has 0 bridgehead atoms. The molecule has 2 aliphatic heterocycles. The number of aromatic amines is 1. The van der Waals surface area contributed by atoms with E-state index in [4.69, 9.17) is 10.5 Å². The molecule has 0 aliphatic carbocycles. The number of carbonyl (C=O) groups excluding carboxylic acids is 3. The summed E-state index contributed by atoms with van der Waals surface area (Å²) >= 11 is 0. The maximum absolute atomic E-state index is 12.4. The number of aromatic nitrogens is 1. The highest BCUT2D eigenvalue weighted by atomic mass is 16.5. The highest BCUT2D eigenvalue weighted by molar-refractivity contribution is 6.02. The molecule has 3 heterocycles. The van der Waals surface area contributed by atoms with Crippen LogP contribution < -0.4 is 15.8 Å². The van der Waals surface area contributed by atoms with Gasteiger partial charge in [0.1, 0.15) is 11.4 Å². The van der Waals surface area contributed by atoms with Gasteiger partial charge in [0.2, 0.25) is 5.91 Å². The molecule has 2 unspecified atom stereocenters. The zero-order valence-corrected chi connectivity index (χ0v) is 15.9.